The number of nitrogens with zero attached hydrogens (tertiary/aromatic N) is 2. The van der Waals surface area contributed by atoms with Gasteiger partial charge >= 0.3 is 11.9 Å². The van der Waals surface area contributed by atoms with Crippen LogP contribution in [0.3, 0.4) is 0 Å². The Labute approximate surface area is 226 Å². The molecular weight excluding hydrogens is 532 g/mol. The predicted octanol–water partition coefficient (Wildman–Crippen LogP) is 1.66. The number of carbonyl (C=O) groups excluding carboxylic acids is 2. The van der Waals surface area contributed by atoms with Crippen LogP contribution in [0.4, 0.5) is 5.69 Å². The number of aliphatic hydroxyl groups excluding tert-OH is 1. The zero-order valence-electron chi connectivity index (χ0n) is 21.9. The summed E-state index contributed by atoms with van der Waals surface area (Å²) in [5.74, 6) is -2.53. The molecule has 0 aliphatic carbocycles. The first-order valence-electron chi connectivity index (χ1n) is 11.9. The highest BCUT2D eigenvalue weighted by atomic mass is 32.2. The summed E-state index contributed by atoms with van der Waals surface area (Å²) >= 11 is 1.04. The number of ether oxygens (including phenoxy) is 3. The highest BCUT2D eigenvalue weighted by molar-refractivity contribution is 8.01. The Morgan fingerprint density at radius 1 is 1.08 bits per heavy atom. The van der Waals surface area contributed by atoms with Gasteiger partial charge in [0.05, 0.1) is 25.7 Å². The Hall–Kier alpha value is -2.64. The largest absolute Gasteiger partial charge is 0.469 e. The van der Waals surface area contributed by atoms with Crippen molar-refractivity contribution in [2.45, 2.75) is 21.3 Å². The first kappa shape index (κ1) is 28.4. The molecule has 2 aromatic rings. The van der Waals surface area contributed by atoms with Crippen molar-refractivity contribution in [2.75, 3.05) is 59.2 Å². The fraction of sp³-hybridized carbons (Fsp3) is 0.462. The van der Waals surface area contributed by atoms with E-state index in [9.17, 15) is 23.1 Å². The fourth-order valence-electron chi connectivity index (χ4n) is 5.47. The van der Waals surface area contributed by atoms with Crippen LogP contribution in [0.2, 0.25) is 0 Å². The first-order chi connectivity index (χ1) is 18.0. The van der Waals surface area contributed by atoms with E-state index in [-0.39, 0.29) is 23.8 Å². The number of fused-ring (bicyclic) bond motifs is 3. The molecule has 0 spiro atoms. The SMILES string of the molecule is COC(=O)[C@H]1[C@@](SCCO)(C(=O)OC)[C@H]2C=C[C@]1(CN(C)S(=O)(=O)c1cccc3c(N(C)C)cccc13)O2. The summed E-state index contributed by atoms with van der Waals surface area (Å²) in [4.78, 5) is 28.4. The second kappa shape index (κ2) is 10.5. The minimum Gasteiger partial charge on any atom is -0.469 e. The van der Waals surface area contributed by atoms with E-state index in [0.29, 0.717) is 5.39 Å². The lowest BCUT2D eigenvalue weighted by Gasteiger charge is -2.39. The van der Waals surface area contributed by atoms with Gasteiger partial charge in [-0.2, -0.15) is 4.31 Å². The van der Waals surface area contributed by atoms with E-state index < -0.39 is 44.3 Å². The van der Waals surface area contributed by atoms with Crippen molar-refractivity contribution >= 4 is 50.2 Å². The monoisotopic (exact) mass is 564 g/mol. The minimum absolute atomic E-state index is 0.109. The molecule has 4 atom stereocenters. The maximum absolute atomic E-state index is 13.9. The molecule has 4 rings (SSSR count). The Kier molecular flexibility index (Phi) is 7.84. The smallest absolute Gasteiger partial charge is 0.326 e. The average molecular weight is 565 g/mol. The second-order valence-electron chi connectivity index (χ2n) is 9.45. The van der Waals surface area contributed by atoms with E-state index in [0.717, 1.165) is 27.1 Å². The number of sulfonamides is 1. The number of benzene rings is 2. The lowest BCUT2D eigenvalue weighted by Crippen LogP contribution is -2.58. The molecule has 12 heteroatoms. The fourth-order valence-corrected chi connectivity index (χ4v) is 8.27. The number of hydrogen-bond acceptors (Lipinski definition) is 10. The van der Waals surface area contributed by atoms with Gasteiger partial charge in [0.1, 0.15) is 17.6 Å². The molecular formula is C26H32N2O8S2. The van der Waals surface area contributed by atoms with Crippen molar-refractivity contribution < 1.29 is 37.3 Å². The number of esters is 2. The van der Waals surface area contributed by atoms with Crippen LogP contribution in [-0.4, -0.2) is 100 Å². The molecule has 2 bridgehead atoms. The van der Waals surface area contributed by atoms with Crippen LogP contribution >= 0.6 is 11.8 Å². The zero-order chi connectivity index (χ0) is 27.9. The molecule has 38 heavy (non-hydrogen) atoms. The summed E-state index contributed by atoms with van der Waals surface area (Å²) < 4.78 is 43.9. The van der Waals surface area contributed by atoms with Gasteiger partial charge in [0.25, 0.3) is 0 Å². The van der Waals surface area contributed by atoms with Crippen LogP contribution in [0.15, 0.2) is 53.4 Å². The molecule has 1 saturated heterocycles. The maximum atomic E-state index is 13.9. The van der Waals surface area contributed by atoms with E-state index in [4.69, 9.17) is 14.2 Å². The predicted molar refractivity (Wildman–Crippen MR) is 145 cm³/mol. The molecule has 10 nitrogen and oxygen atoms in total. The zero-order valence-corrected chi connectivity index (χ0v) is 23.5. The number of thioether (sulfide) groups is 1. The first-order valence-corrected chi connectivity index (χ1v) is 14.4. The molecule has 0 unspecified atom stereocenters. The van der Waals surface area contributed by atoms with Crippen LogP contribution in [0, 0.1) is 5.92 Å². The lowest BCUT2D eigenvalue weighted by molar-refractivity contribution is -0.156. The van der Waals surface area contributed by atoms with Crippen molar-refractivity contribution in [1.29, 1.82) is 0 Å². The highest BCUT2D eigenvalue weighted by Crippen LogP contribution is 2.57. The molecule has 0 radical (unpaired) electrons. The van der Waals surface area contributed by atoms with Crippen LogP contribution in [0.5, 0.6) is 0 Å². The molecule has 1 N–H and O–H groups in total. The molecule has 2 heterocycles. The molecule has 1 fully saturated rings. The standard InChI is InChI=1S/C26H32N2O8S2/c1-27(2)19-10-6-9-18-17(19)8-7-11-20(18)38(32,33)28(3)16-25-13-12-21(36-25)26(24(31)35-5,37-15-14-29)22(25)23(30)34-4/h6-13,21-22,29H,14-16H2,1-5H3/t21-,22-,25-,26-/m1/s1. The summed E-state index contributed by atoms with van der Waals surface area (Å²) in [6.07, 6.45) is 2.38. The quantitative estimate of drug-likeness (QED) is 0.337. The van der Waals surface area contributed by atoms with Gasteiger partial charge in [-0.25, -0.2) is 8.42 Å². The molecule has 0 aromatic heterocycles. The maximum Gasteiger partial charge on any atom is 0.326 e. The third kappa shape index (κ3) is 4.28. The lowest BCUT2D eigenvalue weighted by atomic mass is 9.74. The number of methoxy groups -OCH3 is 2. The highest BCUT2D eigenvalue weighted by Gasteiger charge is 2.73. The molecule has 2 aliphatic rings. The van der Waals surface area contributed by atoms with Gasteiger partial charge in [-0.05, 0) is 12.1 Å². The molecule has 206 valence electrons. The number of hydrogen-bond donors (Lipinski definition) is 1. The Balaban J connectivity index is 1.78. The van der Waals surface area contributed by atoms with E-state index in [1.54, 1.807) is 36.4 Å². The molecule has 2 aliphatic heterocycles. The summed E-state index contributed by atoms with van der Waals surface area (Å²) in [6.45, 7) is -0.505. The van der Waals surface area contributed by atoms with E-state index in [2.05, 4.69) is 0 Å². The van der Waals surface area contributed by atoms with Crippen LogP contribution in [0.1, 0.15) is 0 Å². The number of carbonyl (C=O) groups is 2. The van der Waals surface area contributed by atoms with Crippen molar-refractivity contribution in [3.8, 4) is 0 Å². The number of likely N-dealkylation sites (N-methyl/N-ethyl adjacent to an activating group) is 1. The van der Waals surface area contributed by atoms with Crippen LogP contribution in [-0.2, 0) is 33.8 Å². The van der Waals surface area contributed by atoms with Crippen molar-refractivity contribution in [1.82, 2.24) is 4.31 Å². The van der Waals surface area contributed by atoms with Gasteiger partial charge in [-0.3, -0.25) is 9.59 Å². The third-order valence-electron chi connectivity index (χ3n) is 7.11. The van der Waals surface area contributed by atoms with Gasteiger partial charge in [0, 0.05) is 49.9 Å². The summed E-state index contributed by atoms with van der Waals surface area (Å²) in [5.41, 5.74) is -0.619. The normalized spacial score (nSPS) is 26.2. The number of aliphatic hydroxyl groups is 1. The molecule has 0 saturated carbocycles. The van der Waals surface area contributed by atoms with Gasteiger partial charge in [0.2, 0.25) is 10.0 Å². The topological polar surface area (TPSA) is 123 Å². The van der Waals surface area contributed by atoms with Crippen molar-refractivity contribution in [3.63, 3.8) is 0 Å². The average Bonchev–Trinajstić information content (AvgIpc) is 3.44. The van der Waals surface area contributed by atoms with E-state index in [1.165, 1.54) is 21.3 Å². The molecule has 2 aromatic carbocycles. The Morgan fingerprint density at radius 3 is 2.39 bits per heavy atom. The summed E-state index contributed by atoms with van der Waals surface area (Å²) in [5, 5.41) is 10.8. The van der Waals surface area contributed by atoms with Gasteiger partial charge in [-0.1, -0.05) is 36.4 Å². The second-order valence-corrected chi connectivity index (χ2v) is 12.8. The number of rotatable bonds is 10. The summed E-state index contributed by atoms with van der Waals surface area (Å²) in [6, 6.07) is 10.6. The molecule has 0 amide bonds. The van der Waals surface area contributed by atoms with Gasteiger partial charge in [-0.15, -0.1) is 11.8 Å². The van der Waals surface area contributed by atoms with Gasteiger partial charge in [0.15, 0.2) is 4.75 Å². The van der Waals surface area contributed by atoms with E-state index >= 15 is 0 Å². The Morgan fingerprint density at radius 2 is 1.76 bits per heavy atom. The minimum atomic E-state index is -4.08. The third-order valence-corrected chi connectivity index (χ3v) is 10.5. The summed E-state index contributed by atoms with van der Waals surface area (Å²) in [7, 11) is 3.52. The van der Waals surface area contributed by atoms with Crippen molar-refractivity contribution in [3.05, 3.63) is 48.6 Å². The van der Waals surface area contributed by atoms with Crippen LogP contribution < -0.4 is 4.90 Å². The number of anilines is 1. The van der Waals surface area contributed by atoms with Crippen molar-refractivity contribution in [2.24, 2.45) is 5.92 Å². The Bertz CT molecular complexity index is 1380. The van der Waals surface area contributed by atoms with Gasteiger partial charge < -0.3 is 24.2 Å². The van der Waals surface area contributed by atoms with Crippen LogP contribution in [0.25, 0.3) is 10.8 Å². The van der Waals surface area contributed by atoms with E-state index in [1.807, 2.05) is 31.1 Å².